The molecule has 5 heterocycles. The van der Waals surface area contributed by atoms with Gasteiger partial charge in [0.15, 0.2) is 0 Å². The monoisotopic (exact) mass is 694 g/mol. The maximum absolute atomic E-state index is 11.8. The average Bonchev–Trinajstić information content (AvgIpc) is 3.87. The summed E-state index contributed by atoms with van der Waals surface area (Å²) in [5, 5.41) is 19.4. The maximum atomic E-state index is 11.8. The third-order valence-electron chi connectivity index (χ3n) is 7.65. The second kappa shape index (κ2) is 12.6. The van der Waals surface area contributed by atoms with Gasteiger partial charge in [-0.1, -0.05) is 42.5 Å². The number of benzene rings is 2. The summed E-state index contributed by atoms with van der Waals surface area (Å²) in [6.07, 6.45) is -0.0815. The van der Waals surface area contributed by atoms with Gasteiger partial charge in [-0.05, 0) is 90.7 Å². The van der Waals surface area contributed by atoms with Crippen LogP contribution in [-0.2, 0) is 11.2 Å². The summed E-state index contributed by atoms with van der Waals surface area (Å²) in [6, 6.07) is 32.3. The first-order chi connectivity index (χ1) is 22.2. The van der Waals surface area contributed by atoms with Crippen LogP contribution < -0.4 is 0 Å². The highest BCUT2D eigenvalue weighted by atomic mass is 32.1. The van der Waals surface area contributed by atoms with E-state index in [4.69, 9.17) is 0 Å². The highest BCUT2D eigenvalue weighted by molar-refractivity contribution is 7.30. The predicted octanol–water partition coefficient (Wildman–Crippen LogP) is 11.9. The summed E-state index contributed by atoms with van der Waals surface area (Å²) in [6.45, 7) is 4.32. The molecule has 0 aliphatic heterocycles. The Morgan fingerprint density at radius 2 is 1.04 bits per heavy atom. The molecule has 0 aliphatic carbocycles. The van der Waals surface area contributed by atoms with Gasteiger partial charge in [-0.15, -0.1) is 56.7 Å². The Morgan fingerprint density at radius 3 is 1.72 bits per heavy atom. The minimum absolute atomic E-state index is 0.0815. The summed E-state index contributed by atoms with van der Waals surface area (Å²) in [4.78, 5) is 34.7. The Bertz CT molecular complexity index is 2240. The van der Waals surface area contributed by atoms with E-state index in [1.807, 2.05) is 53.0 Å². The molecule has 46 heavy (non-hydrogen) atoms. The van der Waals surface area contributed by atoms with Gasteiger partial charge < -0.3 is 10.2 Å². The largest absolute Gasteiger partial charge is 0.481 e. The van der Waals surface area contributed by atoms with Crippen molar-refractivity contribution in [3.8, 4) is 59.9 Å². The lowest BCUT2D eigenvalue weighted by molar-refractivity contribution is -0.136. The zero-order valence-electron chi connectivity index (χ0n) is 24.7. The number of aliphatic carboxylic acids is 1. The summed E-state index contributed by atoms with van der Waals surface area (Å²) >= 11 is 8.43. The fourth-order valence-corrected chi connectivity index (χ4v) is 11.4. The van der Waals surface area contributed by atoms with Crippen molar-refractivity contribution < 1.29 is 19.8 Å². The molecule has 2 aromatic carbocycles. The molecule has 9 heteroatoms. The van der Waals surface area contributed by atoms with E-state index in [-0.39, 0.29) is 12.0 Å². The third-order valence-corrected chi connectivity index (χ3v) is 14.1. The summed E-state index contributed by atoms with van der Waals surface area (Å²) in [7, 11) is 0. The number of aromatic carboxylic acids is 1. The van der Waals surface area contributed by atoms with Crippen molar-refractivity contribution in [3.63, 3.8) is 0 Å². The van der Waals surface area contributed by atoms with Gasteiger partial charge in [0.2, 0.25) is 0 Å². The van der Waals surface area contributed by atoms with Crippen molar-refractivity contribution in [2.75, 3.05) is 0 Å². The average molecular weight is 695 g/mol. The van der Waals surface area contributed by atoms with Crippen molar-refractivity contribution in [3.05, 3.63) is 119 Å². The first kappa shape index (κ1) is 30.5. The van der Waals surface area contributed by atoms with Gasteiger partial charge >= 0.3 is 11.9 Å². The highest BCUT2D eigenvalue weighted by Gasteiger charge is 2.20. The van der Waals surface area contributed by atoms with Crippen molar-refractivity contribution in [2.24, 2.45) is 0 Å². The molecule has 2 N–H and O–H groups in total. The van der Waals surface area contributed by atoms with Crippen molar-refractivity contribution in [1.29, 1.82) is 0 Å². The minimum Gasteiger partial charge on any atom is -0.481 e. The molecule has 0 fully saturated rings. The fourth-order valence-electron chi connectivity index (χ4n) is 5.45. The Kier molecular flexibility index (Phi) is 8.35. The van der Waals surface area contributed by atoms with Crippen molar-refractivity contribution >= 4 is 68.6 Å². The van der Waals surface area contributed by atoms with Gasteiger partial charge in [-0.3, -0.25) is 4.79 Å². The van der Waals surface area contributed by atoms with Crippen LogP contribution in [0.4, 0.5) is 0 Å². The predicted molar refractivity (Wildman–Crippen MR) is 196 cm³/mol. The lowest BCUT2D eigenvalue weighted by atomic mass is 10.1. The van der Waals surface area contributed by atoms with Crippen LogP contribution in [0.2, 0.25) is 0 Å². The second-order valence-corrected chi connectivity index (χ2v) is 16.2. The first-order valence-electron chi connectivity index (χ1n) is 14.4. The van der Waals surface area contributed by atoms with Gasteiger partial charge in [-0.25, -0.2) is 4.79 Å². The molecule has 228 valence electrons. The number of thiophene rings is 5. The summed E-state index contributed by atoms with van der Waals surface area (Å²) in [5.74, 6) is -1.86. The van der Waals surface area contributed by atoms with Crippen LogP contribution in [-0.4, -0.2) is 22.2 Å². The molecule has 0 saturated heterocycles. The molecule has 0 aliphatic rings. The SMILES string of the molecule is Cc1ccccc1-c1ccc(-c2sc(-c3ccc(-c4cc(CC(=O)O)c(-c5ccc(-c6ccccc6C(=O)O)s5)s4)s3)cc2C)s1. The van der Waals surface area contributed by atoms with E-state index in [1.54, 1.807) is 34.8 Å². The third kappa shape index (κ3) is 5.92. The zero-order valence-corrected chi connectivity index (χ0v) is 28.8. The van der Waals surface area contributed by atoms with Gasteiger partial charge in [0, 0.05) is 54.3 Å². The Labute approximate surface area is 286 Å². The molecule has 0 unspecified atom stereocenters. The summed E-state index contributed by atoms with van der Waals surface area (Å²) < 4.78 is 0. The first-order valence-corrected chi connectivity index (χ1v) is 18.5. The smallest absolute Gasteiger partial charge is 0.336 e. The van der Waals surface area contributed by atoms with E-state index in [2.05, 4.69) is 68.4 Å². The van der Waals surface area contributed by atoms with Crippen LogP contribution in [0.1, 0.15) is 27.0 Å². The second-order valence-electron chi connectivity index (χ2n) is 10.8. The van der Waals surface area contributed by atoms with E-state index >= 15 is 0 Å². The van der Waals surface area contributed by atoms with Crippen molar-refractivity contribution in [2.45, 2.75) is 20.3 Å². The number of carboxylic acids is 2. The van der Waals surface area contributed by atoms with Crippen LogP contribution in [0.5, 0.6) is 0 Å². The number of hydrogen-bond donors (Lipinski definition) is 2. The molecule has 7 rings (SSSR count). The molecular weight excluding hydrogens is 669 g/mol. The van der Waals surface area contributed by atoms with Crippen molar-refractivity contribution in [1.82, 2.24) is 0 Å². The van der Waals surface area contributed by atoms with E-state index in [0.717, 1.165) is 29.9 Å². The molecule has 0 amide bonds. The van der Waals surface area contributed by atoms with Crippen LogP contribution in [0, 0.1) is 13.8 Å². The van der Waals surface area contributed by atoms with E-state index in [9.17, 15) is 19.8 Å². The van der Waals surface area contributed by atoms with Gasteiger partial charge in [0.05, 0.1) is 12.0 Å². The van der Waals surface area contributed by atoms with Gasteiger partial charge in [0.1, 0.15) is 0 Å². The van der Waals surface area contributed by atoms with Crippen LogP contribution in [0.15, 0.2) is 97.1 Å². The minimum atomic E-state index is -0.973. The number of carboxylic acid groups (broad SMARTS) is 2. The van der Waals surface area contributed by atoms with Gasteiger partial charge in [0.25, 0.3) is 0 Å². The zero-order chi connectivity index (χ0) is 31.9. The van der Waals surface area contributed by atoms with Crippen LogP contribution in [0.3, 0.4) is 0 Å². The Hall–Kier alpha value is -4.12. The van der Waals surface area contributed by atoms with E-state index in [0.29, 0.717) is 5.56 Å². The molecule has 0 bridgehead atoms. The number of rotatable bonds is 9. The van der Waals surface area contributed by atoms with E-state index < -0.39 is 11.9 Å². The maximum Gasteiger partial charge on any atom is 0.336 e. The fraction of sp³-hybridized carbons (Fsp3) is 0.0811. The number of aryl methyl sites for hydroxylation is 2. The molecule has 5 aromatic heterocycles. The normalized spacial score (nSPS) is 11.3. The quantitative estimate of drug-likeness (QED) is 0.158. The molecule has 4 nitrogen and oxygen atoms in total. The molecule has 0 spiro atoms. The lowest BCUT2D eigenvalue weighted by Crippen LogP contribution is -1.99. The van der Waals surface area contributed by atoms with E-state index in [1.165, 1.54) is 52.4 Å². The number of carbonyl (C=O) groups is 2. The Balaban J connectivity index is 1.19. The number of hydrogen-bond acceptors (Lipinski definition) is 7. The molecular formula is C37H26O4S5. The molecule has 0 atom stereocenters. The van der Waals surface area contributed by atoms with Crippen LogP contribution in [0.25, 0.3) is 59.9 Å². The lowest BCUT2D eigenvalue weighted by Gasteiger charge is -2.03. The highest BCUT2D eigenvalue weighted by Crippen LogP contribution is 2.48. The molecule has 7 aromatic rings. The molecule has 0 saturated carbocycles. The van der Waals surface area contributed by atoms with Crippen LogP contribution >= 0.6 is 56.7 Å². The molecule has 0 radical (unpaired) electrons. The summed E-state index contributed by atoms with van der Waals surface area (Å²) in [5.41, 5.74) is 5.48. The Morgan fingerprint density at radius 1 is 0.522 bits per heavy atom. The van der Waals surface area contributed by atoms with Gasteiger partial charge in [-0.2, -0.15) is 0 Å². The topological polar surface area (TPSA) is 74.6 Å². The standard InChI is InChI=1S/C37H26O4S5/c1-20-7-3-4-8-23(20)26-11-15-30(42-26)35-21(2)17-32(45-35)28-13-14-29(44-28)33-18-22(19-34(38)39)36(46-33)31-16-12-27(43-31)24-9-5-6-10-25(24)37(40)41/h3-18H,19H2,1-2H3,(H,38,39)(H,40,41).